The van der Waals surface area contributed by atoms with Gasteiger partial charge in [0.1, 0.15) is 5.75 Å². The largest absolute Gasteiger partial charge is 0.507 e. The molecule has 0 atom stereocenters. The lowest BCUT2D eigenvalue weighted by Crippen LogP contribution is -2.05. The molecule has 4 nitrogen and oxygen atoms in total. The molecule has 122 valence electrons. The molecule has 1 aromatic rings. The predicted molar refractivity (Wildman–Crippen MR) is 86.4 cm³/mol. The standard InChI is InChI=1S/C18H26O4/c1-5-22-16(20)10-8-6-7-9-15(19)17-13(3)11-12(2)14(4)18(17)21/h11,21H,5-10H2,1-4H3. The maximum atomic E-state index is 12.3. The smallest absolute Gasteiger partial charge is 0.305 e. The van der Waals surface area contributed by atoms with Crippen LogP contribution in [0.4, 0.5) is 0 Å². The van der Waals surface area contributed by atoms with Gasteiger partial charge in [-0.1, -0.05) is 12.5 Å². The fraction of sp³-hybridized carbons (Fsp3) is 0.556. The van der Waals surface area contributed by atoms with Crippen LogP contribution < -0.4 is 0 Å². The van der Waals surface area contributed by atoms with Gasteiger partial charge in [-0.05, 0) is 57.2 Å². The molecule has 22 heavy (non-hydrogen) atoms. The van der Waals surface area contributed by atoms with Crippen molar-refractivity contribution >= 4 is 11.8 Å². The normalized spacial score (nSPS) is 10.5. The molecule has 0 amide bonds. The van der Waals surface area contributed by atoms with Crippen molar-refractivity contribution in [3.8, 4) is 5.75 Å². The molecular weight excluding hydrogens is 280 g/mol. The third kappa shape index (κ3) is 4.86. The van der Waals surface area contributed by atoms with E-state index in [0.29, 0.717) is 31.4 Å². The van der Waals surface area contributed by atoms with Crippen LogP contribution in [0.3, 0.4) is 0 Å². The van der Waals surface area contributed by atoms with Gasteiger partial charge in [0.05, 0.1) is 12.2 Å². The van der Waals surface area contributed by atoms with E-state index in [9.17, 15) is 14.7 Å². The molecule has 0 bridgehead atoms. The molecule has 0 heterocycles. The number of aromatic hydroxyl groups is 1. The van der Waals surface area contributed by atoms with E-state index in [4.69, 9.17) is 4.74 Å². The van der Waals surface area contributed by atoms with Crippen LogP contribution in [0.2, 0.25) is 0 Å². The van der Waals surface area contributed by atoms with Crippen molar-refractivity contribution < 1.29 is 19.4 Å². The second-order valence-electron chi connectivity index (χ2n) is 5.65. The lowest BCUT2D eigenvalue weighted by molar-refractivity contribution is -0.143. The van der Waals surface area contributed by atoms with Crippen molar-refractivity contribution in [2.24, 2.45) is 0 Å². The van der Waals surface area contributed by atoms with Crippen molar-refractivity contribution in [1.82, 2.24) is 0 Å². The number of phenols is 1. The van der Waals surface area contributed by atoms with E-state index in [1.54, 1.807) is 6.92 Å². The van der Waals surface area contributed by atoms with Crippen LogP contribution in [0.1, 0.15) is 66.1 Å². The first-order valence-corrected chi connectivity index (χ1v) is 7.87. The van der Waals surface area contributed by atoms with Crippen molar-refractivity contribution in [1.29, 1.82) is 0 Å². The van der Waals surface area contributed by atoms with Crippen molar-refractivity contribution in [2.45, 2.75) is 59.8 Å². The van der Waals surface area contributed by atoms with E-state index in [1.807, 2.05) is 26.8 Å². The summed E-state index contributed by atoms with van der Waals surface area (Å²) in [7, 11) is 0. The molecule has 0 radical (unpaired) electrons. The number of esters is 1. The third-order valence-corrected chi connectivity index (χ3v) is 3.88. The highest BCUT2D eigenvalue weighted by Gasteiger charge is 2.17. The summed E-state index contributed by atoms with van der Waals surface area (Å²) < 4.78 is 4.86. The molecule has 4 heteroatoms. The minimum atomic E-state index is -0.184. The molecule has 1 rings (SSSR count). The highest BCUT2D eigenvalue weighted by molar-refractivity contribution is 6.00. The summed E-state index contributed by atoms with van der Waals surface area (Å²) in [6.45, 7) is 7.78. The Bertz CT molecular complexity index is 547. The number of hydrogen-bond donors (Lipinski definition) is 1. The zero-order chi connectivity index (χ0) is 16.7. The number of unbranched alkanes of at least 4 members (excludes halogenated alkanes) is 2. The molecule has 0 saturated carbocycles. The molecule has 1 aromatic carbocycles. The lowest BCUT2D eigenvalue weighted by atomic mass is 9.94. The van der Waals surface area contributed by atoms with Gasteiger partial charge in [0.15, 0.2) is 5.78 Å². The minimum absolute atomic E-state index is 0.0331. The minimum Gasteiger partial charge on any atom is -0.507 e. The predicted octanol–water partition coefficient (Wildman–Crippen LogP) is 4.01. The van der Waals surface area contributed by atoms with Crippen LogP contribution in [-0.4, -0.2) is 23.5 Å². The fourth-order valence-electron chi connectivity index (χ4n) is 2.51. The Balaban J connectivity index is 2.50. The van der Waals surface area contributed by atoms with Crippen LogP contribution in [0.5, 0.6) is 5.75 Å². The van der Waals surface area contributed by atoms with Crippen LogP contribution >= 0.6 is 0 Å². The average molecular weight is 306 g/mol. The zero-order valence-corrected chi connectivity index (χ0v) is 14.0. The SMILES string of the molecule is CCOC(=O)CCCCCC(=O)c1c(C)cc(C)c(C)c1O. The van der Waals surface area contributed by atoms with E-state index >= 15 is 0 Å². The number of aryl methyl sites for hydroxylation is 2. The van der Waals surface area contributed by atoms with Gasteiger partial charge < -0.3 is 9.84 Å². The highest BCUT2D eigenvalue weighted by Crippen LogP contribution is 2.29. The summed E-state index contributed by atoms with van der Waals surface area (Å²) in [5.74, 6) is -0.111. The first-order valence-electron chi connectivity index (χ1n) is 7.87. The van der Waals surface area contributed by atoms with Gasteiger partial charge in [-0.15, -0.1) is 0 Å². The number of ether oxygens (including phenoxy) is 1. The number of ketones is 1. The van der Waals surface area contributed by atoms with Crippen molar-refractivity contribution in [3.05, 3.63) is 28.3 Å². The van der Waals surface area contributed by atoms with E-state index in [0.717, 1.165) is 29.5 Å². The van der Waals surface area contributed by atoms with Crippen molar-refractivity contribution in [2.75, 3.05) is 6.61 Å². The van der Waals surface area contributed by atoms with Gasteiger partial charge >= 0.3 is 5.97 Å². The Hall–Kier alpha value is -1.84. The zero-order valence-electron chi connectivity index (χ0n) is 14.0. The quantitative estimate of drug-likeness (QED) is 0.448. The molecule has 0 unspecified atom stereocenters. The maximum Gasteiger partial charge on any atom is 0.305 e. The van der Waals surface area contributed by atoms with Gasteiger partial charge in [0, 0.05) is 12.8 Å². The second kappa shape index (κ2) is 8.57. The Kier molecular flexibility index (Phi) is 7.09. The van der Waals surface area contributed by atoms with Gasteiger partial charge in [-0.25, -0.2) is 0 Å². The Labute approximate surface area is 132 Å². The molecule has 0 aromatic heterocycles. The monoisotopic (exact) mass is 306 g/mol. The number of carbonyl (C=O) groups is 2. The first kappa shape index (κ1) is 18.2. The summed E-state index contributed by atoms with van der Waals surface area (Å²) in [4.78, 5) is 23.5. The van der Waals surface area contributed by atoms with E-state index < -0.39 is 0 Å². The van der Waals surface area contributed by atoms with Crippen molar-refractivity contribution in [3.63, 3.8) is 0 Å². The summed E-state index contributed by atoms with van der Waals surface area (Å²) >= 11 is 0. The van der Waals surface area contributed by atoms with Gasteiger partial charge in [0.2, 0.25) is 0 Å². The van der Waals surface area contributed by atoms with Gasteiger partial charge in [-0.2, -0.15) is 0 Å². The maximum absolute atomic E-state index is 12.3. The highest BCUT2D eigenvalue weighted by atomic mass is 16.5. The van der Waals surface area contributed by atoms with Crippen LogP contribution in [0.25, 0.3) is 0 Å². The molecule has 0 spiro atoms. The number of phenolic OH excluding ortho intramolecular Hbond substituents is 1. The molecule has 0 aliphatic heterocycles. The Morgan fingerprint density at radius 3 is 2.32 bits per heavy atom. The van der Waals surface area contributed by atoms with E-state index in [-0.39, 0.29) is 17.5 Å². The molecule has 0 aliphatic rings. The first-order chi connectivity index (χ1) is 10.4. The number of rotatable bonds is 8. The fourth-order valence-corrected chi connectivity index (χ4v) is 2.51. The molecule has 1 N–H and O–H groups in total. The Morgan fingerprint density at radius 2 is 1.68 bits per heavy atom. The average Bonchev–Trinajstić information content (AvgIpc) is 2.45. The number of carbonyl (C=O) groups excluding carboxylic acids is 2. The summed E-state index contributed by atoms with van der Waals surface area (Å²) in [6.07, 6.45) is 3.03. The summed E-state index contributed by atoms with van der Waals surface area (Å²) in [6, 6.07) is 1.93. The van der Waals surface area contributed by atoms with Crippen LogP contribution in [-0.2, 0) is 9.53 Å². The molecule has 0 aliphatic carbocycles. The number of benzene rings is 1. The van der Waals surface area contributed by atoms with E-state index in [2.05, 4.69) is 0 Å². The van der Waals surface area contributed by atoms with Gasteiger partial charge in [0.25, 0.3) is 0 Å². The molecule has 0 saturated heterocycles. The second-order valence-corrected chi connectivity index (χ2v) is 5.65. The summed E-state index contributed by atoms with van der Waals surface area (Å²) in [5.41, 5.74) is 3.00. The van der Waals surface area contributed by atoms with Gasteiger partial charge in [-0.3, -0.25) is 9.59 Å². The molecule has 0 fully saturated rings. The summed E-state index contributed by atoms with van der Waals surface area (Å²) in [5, 5.41) is 10.2. The number of Topliss-reactive ketones (excluding diaryl/α,β-unsaturated/α-hetero) is 1. The number of hydrogen-bond acceptors (Lipinski definition) is 4. The Morgan fingerprint density at radius 1 is 1.05 bits per heavy atom. The lowest BCUT2D eigenvalue weighted by Gasteiger charge is -2.12. The third-order valence-electron chi connectivity index (χ3n) is 3.88. The van der Waals surface area contributed by atoms with E-state index in [1.165, 1.54) is 0 Å². The molecular formula is C18H26O4. The van der Waals surface area contributed by atoms with Crippen LogP contribution in [0, 0.1) is 20.8 Å². The van der Waals surface area contributed by atoms with Crippen LogP contribution in [0.15, 0.2) is 6.07 Å². The topological polar surface area (TPSA) is 63.6 Å².